The maximum Gasteiger partial charge on any atom is 0.408 e. The van der Waals surface area contributed by atoms with Crippen LogP contribution in [0.3, 0.4) is 0 Å². The molecule has 0 saturated heterocycles. The average Bonchev–Trinajstić information content (AvgIpc) is 2.66. The predicted octanol–water partition coefficient (Wildman–Crippen LogP) is 2.24. The van der Waals surface area contributed by atoms with Crippen LogP contribution in [-0.4, -0.2) is 56.4 Å². The molecule has 9 nitrogen and oxygen atoms in total. The minimum absolute atomic E-state index is 0.0850. The lowest BCUT2D eigenvalue weighted by Crippen LogP contribution is -2.53. The number of hydrogen-bond acceptors (Lipinski definition) is 6. The number of carbonyl (C=O) groups is 2. The highest BCUT2D eigenvalue weighted by molar-refractivity contribution is 7.80. The molecular formula is C22H36N4O5S. The van der Waals surface area contributed by atoms with Gasteiger partial charge in [-0.3, -0.25) is 19.1 Å². The van der Waals surface area contributed by atoms with Crippen LogP contribution in [0.25, 0.3) is 0 Å². The molecule has 0 aliphatic rings. The number of thiol groups is 1. The first-order valence-electron chi connectivity index (χ1n) is 10.6. The molecular weight excluding hydrogens is 432 g/mol. The molecule has 1 rings (SSSR count). The van der Waals surface area contributed by atoms with Gasteiger partial charge in [0, 0.05) is 36.6 Å². The summed E-state index contributed by atoms with van der Waals surface area (Å²) in [6.45, 7) is 13.1. The van der Waals surface area contributed by atoms with Crippen LogP contribution in [0.1, 0.15) is 53.5 Å². The fourth-order valence-corrected chi connectivity index (χ4v) is 3.16. The second kappa shape index (κ2) is 11.9. The Balaban J connectivity index is 3.10. The van der Waals surface area contributed by atoms with Gasteiger partial charge < -0.3 is 15.0 Å². The minimum Gasteiger partial charge on any atom is -0.444 e. The maximum absolute atomic E-state index is 13.3. The van der Waals surface area contributed by atoms with Crippen LogP contribution in [0.15, 0.2) is 27.4 Å². The number of aromatic amines is 1. The monoisotopic (exact) mass is 468 g/mol. The largest absolute Gasteiger partial charge is 0.444 e. The van der Waals surface area contributed by atoms with Gasteiger partial charge in [0.1, 0.15) is 11.6 Å². The SMILES string of the molecule is CC(C)=CCC(C)N(CCn1cc(C)c(=O)[nH]c1=O)C(=O)C(CS)NC(=O)OC(C)(C)C. The number of amides is 2. The van der Waals surface area contributed by atoms with Crippen molar-refractivity contribution in [3.8, 4) is 0 Å². The van der Waals surface area contributed by atoms with Gasteiger partial charge >= 0.3 is 11.8 Å². The van der Waals surface area contributed by atoms with Crippen molar-refractivity contribution in [1.82, 2.24) is 19.8 Å². The summed E-state index contributed by atoms with van der Waals surface area (Å²) < 4.78 is 6.63. The smallest absolute Gasteiger partial charge is 0.408 e. The molecule has 1 heterocycles. The Labute approximate surface area is 194 Å². The van der Waals surface area contributed by atoms with Crippen molar-refractivity contribution in [2.45, 2.75) is 79.1 Å². The topological polar surface area (TPSA) is 114 Å². The molecule has 1 aromatic heterocycles. The van der Waals surface area contributed by atoms with Gasteiger partial charge in [-0.15, -0.1) is 0 Å². The first-order valence-corrected chi connectivity index (χ1v) is 11.2. The van der Waals surface area contributed by atoms with E-state index in [0.717, 1.165) is 5.57 Å². The van der Waals surface area contributed by atoms with Crippen molar-refractivity contribution in [2.75, 3.05) is 12.3 Å². The zero-order chi connectivity index (χ0) is 24.6. The lowest BCUT2D eigenvalue weighted by molar-refractivity contribution is -0.135. The van der Waals surface area contributed by atoms with Gasteiger partial charge in [-0.1, -0.05) is 11.6 Å². The van der Waals surface area contributed by atoms with Gasteiger partial charge in [-0.2, -0.15) is 12.6 Å². The second-order valence-electron chi connectivity index (χ2n) is 9.04. The molecule has 0 radical (unpaired) electrons. The number of ether oxygens (including phenoxy) is 1. The van der Waals surface area contributed by atoms with Crippen LogP contribution in [0, 0.1) is 6.92 Å². The van der Waals surface area contributed by atoms with Gasteiger partial charge in [-0.05, 0) is 54.9 Å². The molecule has 2 atom stereocenters. The summed E-state index contributed by atoms with van der Waals surface area (Å²) >= 11 is 4.24. The van der Waals surface area contributed by atoms with Crippen molar-refractivity contribution in [3.63, 3.8) is 0 Å². The Kier molecular flexibility index (Phi) is 10.3. The van der Waals surface area contributed by atoms with E-state index in [4.69, 9.17) is 4.74 Å². The van der Waals surface area contributed by atoms with Crippen molar-refractivity contribution >= 4 is 24.6 Å². The third-order valence-electron chi connectivity index (χ3n) is 4.62. The van der Waals surface area contributed by atoms with Gasteiger partial charge in [0.05, 0.1) is 0 Å². The van der Waals surface area contributed by atoms with Crippen LogP contribution < -0.4 is 16.6 Å². The summed E-state index contributed by atoms with van der Waals surface area (Å²) in [4.78, 5) is 53.2. The number of rotatable bonds is 9. The third-order valence-corrected chi connectivity index (χ3v) is 4.99. The fraction of sp³-hybridized carbons (Fsp3) is 0.636. The highest BCUT2D eigenvalue weighted by atomic mass is 32.1. The molecule has 1 aromatic rings. The molecule has 0 aliphatic carbocycles. The highest BCUT2D eigenvalue weighted by Crippen LogP contribution is 2.12. The first-order chi connectivity index (χ1) is 14.7. The van der Waals surface area contributed by atoms with Gasteiger partial charge in [0.15, 0.2) is 0 Å². The maximum atomic E-state index is 13.3. The summed E-state index contributed by atoms with van der Waals surface area (Å²) in [5, 5.41) is 2.59. The molecule has 0 aliphatic heterocycles. The quantitative estimate of drug-likeness (QED) is 0.380. The van der Waals surface area contributed by atoms with E-state index in [-0.39, 0.29) is 30.8 Å². The highest BCUT2D eigenvalue weighted by Gasteiger charge is 2.29. The molecule has 2 amide bonds. The number of carbonyl (C=O) groups excluding carboxylic acids is 2. The van der Waals surface area contributed by atoms with E-state index in [9.17, 15) is 19.2 Å². The summed E-state index contributed by atoms with van der Waals surface area (Å²) in [5.74, 6) is -0.239. The number of nitrogens with one attached hydrogen (secondary N) is 2. The average molecular weight is 469 g/mol. The molecule has 2 N–H and O–H groups in total. The number of hydrogen-bond donors (Lipinski definition) is 3. The first kappa shape index (κ1) is 27.5. The molecule has 0 aromatic carbocycles. The predicted molar refractivity (Wildman–Crippen MR) is 128 cm³/mol. The lowest BCUT2D eigenvalue weighted by Gasteiger charge is -2.32. The Morgan fingerprint density at radius 2 is 1.94 bits per heavy atom. The van der Waals surface area contributed by atoms with Gasteiger partial charge in [0.25, 0.3) is 5.56 Å². The summed E-state index contributed by atoms with van der Waals surface area (Å²) in [6.07, 6.45) is 3.41. The fourth-order valence-electron chi connectivity index (χ4n) is 2.92. The van der Waals surface area contributed by atoms with Crippen LogP contribution in [0.4, 0.5) is 4.79 Å². The van der Waals surface area contributed by atoms with E-state index in [1.54, 1.807) is 32.6 Å². The zero-order valence-corrected chi connectivity index (χ0v) is 20.9. The summed E-state index contributed by atoms with van der Waals surface area (Å²) in [6, 6.07) is -1.09. The lowest BCUT2D eigenvalue weighted by atomic mass is 10.1. The Hall–Kier alpha value is -2.49. The molecule has 0 spiro atoms. The van der Waals surface area contributed by atoms with E-state index in [1.165, 1.54) is 10.8 Å². The zero-order valence-electron chi connectivity index (χ0n) is 20.0. The molecule has 32 heavy (non-hydrogen) atoms. The van der Waals surface area contributed by atoms with Gasteiger partial charge in [0.2, 0.25) is 5.91 Å². The minimum atomic E-state index is -0.892. The van der Waals surface area contributed by atoms with E-state index >= 15 is 0 Å². The Bertz CT molecular complexity index is 941. The number of nitrogens with zero attached hydrogens (tertiary/aromatic N) is 2. The van der Waals surface area contributed by atoms with Crippen LogP contribution in [-0.2, 0) is 16.1 Å². The second-order valence-corrected chi connectivity index (χ2v) is 9.41. The number of aromatic nitrogens is 2. The Morgan fingerprint density at radius 1 is 1.31 bits per heavy atom. The van der Waals surface area contributed by atoms with Crippen molar-refractivity contribution in [3.05, 3.63) is 44.2 Å². The van der Waals surface area contributed by atoms with Gasteiger partial charge in [-0.25, -0.2) is 9.59 Å². The summed E-state index contributed by atoms with van der Waals surface area (Å²) in [7, 11) is 0. The molecule has 10 heteroatoms. The van der Waals surface area contributed by atoms with E-state index in [2.05, 4.69) is 22.9 Å². The van der Waals surface area contributed by atoms with Crippen molar-refractivity contribution < 1.29 is 14.3 Å². The van der Waals surface area contributed by atoms with Crippen molar-refractivity contribution in [1.29, 1.82) is 0 Å². The van der Waals surface area contributed by atoms with Crippen LogP contribution in [0.2, 0.25) is 0 Å². The molecule has 0 bridgehead atoms. The number of aryl methyl sites for hydroxylation is 1. The van der Waals surface area contributed by atoms with E-state index < -0.39 is 29.0 Å². The molecule has 2 unspecified atom stereocenters. The van der Waals surface area contributed by atoms with Crippen LogP contribution >= 0.6 is 12.6 Å². The van der Waals surface area contributed by atoms with E-state index in [0.29, 0.717) is 12.0 Å². The molecule has 0 saturated carbocycles. The number of H-pyrrole nitrogens is 1. The Morgan fingerprint density at radius 3 is 2.47 bits per heavy atom. The van der Waals surface area contributed by atoms with Crippen molar-refractivity contribution in [2.24, 2.45) is 0 Å². The molecule has 180 valence electrons. The number of allylic oxidation sites excluding steroid dienone is 1. The van der Waals surface area contributed by atoms with Crippen LogP contribution in [0.5, 0.6) is 0 Å². The molecule has 0 fully saturated rings. The number of alkyl carbamates (subject to hydrolysis) is 1. The standard InChI is InChI=1S/C22H36N4O5S/c1-14(2)8-9-16(4)26(11-10-25-12-15(3)18(27)24-20(25)29)19(28)17(13-32)23-21(30)31-22(5,6)7/h8,12,16-17,32H,9-11,13H2,1-7H3,(H,23,30)(H,24,27,29). The van der Waals surface area contributed by atoms with E-state index in [1.807, 2.05) is 26.8 Å². The third kappa shape index (κ3) is 8.94. The normalized spacial score (nSPS) is 13.1. The summed E-state index contributed by atoms with van der Waals surface area (Å²) in [5.41, 5.74) is -0.154.